The van der Waals surface area contributed by atoms with Crippen LogP contribution in [0.25, 0.3) is 0 Å². The predicted octanol–water partition coefficient (Wildman–Crippen LogP) is 6.03. The van der Waals surface area contributed by atoms with E-state index >= 15 is 0 Å². The molecule has 1 aliphatic rings. The molecule has 0 heterocycles. The van der Waals surface area contributed by atoms with E-state index in [4.69, 9.17) is 0 Å². The normalized spacial score (nSPS) is 21.4. The third kappa shape index (κ3) is 2.96. The van der Waals surface area contributed by atoms with Gasteiger partial charge in [-0.05, 0) is 35.8 Å². The van der Waals surface area contributed by atoms with Gasteiger partial charge in [0.1, 0.15) is 0 Å². The van der Waals surface area contributed by atoms with Crippen LogP contribution in [0.15, 0.2) is 24.3 Å². The maximum absolute atomic E-state index is 2.36. The summed E-state index contributed by atoms with van der Waals surface area (Å²) in [5.41, 5.74) is 3.32. The molecule has 1 aromatic rings. The Morgan fingerprint density at radius 3 is 1.56 bits per heavy atom. The van der Waals surface area contributed by atoms with E-state index in [9.17, 15) is 0 Å². The summed E-state index contributed by atoms with van der Waals surface area (Å²) in [4.78, 5) is 0. The Kier molecular flexibility index (Phi) is 5.28. The molecule has 1 aliphatic carbocycles. The number of unbranched alkanes of at least 4 members (excludes halogenated alkanes) is 4. The van der Waals surface area contributed by atoms with Gasteiger partial charge < -0.3 is 0 Å². The Bertz CT molecular complexity index is 318. The zero-order valence-corrected chi connectivity index (χ0v) is 12.1. The minimum absolute atomic E-state index is 0.879. The van der Waals surface area contributed by atoms with Crippen molar-refractivity contribution < 1.29 is 0 Å². The summed E-state index contributed by atoms with van der Waals surface area (Å²) in [5, 5.41) is 0. The topological polar surface area (TPSA) is 0 Å². The summed E-state index contributed by atoms with van der Waals surface area (Å²) < 4.78 is 0. The molecule has 0 saturated carbocycles. The Balaban J connectivity index is 1.93. The third-order valence-corrected chi connectivity index (χ3v) is 4.52. The average molecular weight is 244 g/mol. The maximum atomic E-state index is 2.36. The van der Waals surface area contributed by atoms with Crippen LogP contribution in [0.3, 0.4) is 0 Å². The summed E-state index contributed by atoms with van der Waals surface area (Å²) >= 11 is 0. The molecule has 0 bridgehead atoms. The molecular formula is C18H28. The lowest BCUT2D eigenvalue weighted by Crippen LogP contribution is -2.24. The van der Waals surface area contributed by atoms with Gasteiger partial charge in [-0.25, -0.2) is 0 Å². The van der Waals surface area contributed by atoms with Gasteiger partial charge in [0.15, 0.2) is 0 Å². The van der Waals surface area contributed by atoms with Crippen LogP contribution < -0.4 is 0 Å². The van der Waals surface area contributed by atoms with E-state index in [1.165, 1.54) is 51.4 Å². The highest BCUT2D eigenvalue weighted by Gasteiger charge is 2.35. The number of fused-ring (bicyclic) bond motifs is 1. The highest BCUT2D eigenvalue weighted by molar-refractivity contribution is 5.44. The molecule has 0 fully saturated rings. The minimum Gasteiger partial charge on any atom is -0.0654 e. The lowest BCUT2D eigenvalue weighted by atomic mass is 9.64. The third-order valence-electron chi connectivity index (χ3n) is 4.52. The van der Waals surface area contributed by atoms with Crippen molar-refractivity contribution in [2.24, 2.45) is 0 Å². The van der Waals surface area contributed by atoms with Gasteiger partial charge in [0.05, 0.1) is 0 Å². The van der Waals surface area contributed by atoms with Gasteiger partial charge in [-0.15, -0.1) is 0 Å². The molecule has 0 radical (unpaired) electrons. The fourth-order valence-electron chi connectivity index (χ4n) is 3.47. The minimum atomic E-state index is 0.879. The lowest BCUT2D eigenvalue weighted by Gasteiger charge is -2.40. The average Bonchev–Trinajstić information content (AvgIpc) is 2.40. The molecule has 0 heteroatoms. The Hall–Kier alpha value is -0.780. The van der Waals surface area contributed by atoms with Crippen LogP contribution in [-0.4, -0.2) is 0 Å². The SMILES string of the molecule is CCCCCC1c2ccccc2C1CCCCC. The number of benzene rings is 1. The summed E-state index contributed by atoms with van der Waals surface area (Å²) in [6.07, 6.45) is 11.2. The van der Waals surface area contributed by atoms with E-state index in [0.29, 0.717) is 0 Å². The van der Waals surface area contributed by atoms with Crippen molar-refractivity contribution in [1.29, 1.82) is 0 Å². The molecule has 0 saturated heterocycles. The molecule has 100 valence electrons. The highest BCUT2D eigenvalue weighted by Crippen LogP contribution is 2.51. The van der Waals surface area contributed by atoms with Crippen molar-refractivity contribution >= 4 is 0 Å². The fourth-order valence-corrected chi connectivity index (χ4v) is 3.47. The fraction of sp³-hybridized carbons (Fsp3) is 0.667. The van der Waals surface area contributed by atoms with Crippen molar-refractivity contribution in [3.63, 3.8) is 0 Å². The second kappa shape index (κ2) is 6.97. The van der Waals surface area contributed by atoms with Gasteiger partial charge in [0.2, 0.25) is 0 Å². The quantitative estimate of drug-likeness (QED) is 0.490. The molecule has 0 N–H and O–H groups in total. The van der Waals surface area contributed by atoms with Gasteiger partial charge >= 0.3 is 0 Å². The van der Waals surface area contributed by atoms with Gasteiger partial charge in [-0.1, -0.05) is 76.6 Å². The molecule has 0 aliphatic heterocycles. The van der Waals surface area contributed by atoms with Crippen LogP contribution >= 0.6 is 0 Å². The van der Waals surface area contributed by atoms with E-state index in [0.717, 1.165) is 11.8 Å². The van der Waals surface area contributed by atoms with Crippen LogP contribution in [0.5, 0.6) is 0 Å². The molecular weight excluding hydrogens is 216 g/mol. The molecule has 0 amide bonds. The largest absolute Gasteiger partial charge is 0.0654 e. The van der Waals surface area contributed by atoms with Gasteiger partial charge in [-0.3, -0.25) is 0 Å². The zero-order valence-electron chi connectivity index (χ0n) is 12.1. The first-order valence-electron chi connectivity index (χ1n) is 7.97. The van der Waals surface area contributed by atoms with E-state index in [-0.39, 0.29) is 0 Å². The van der Waals surface area contributed by atoms with Crippen molar-refractivity contribution in [3.05, 3.63) is 35.4 Å². The van der Waals surface area contributed by atoms with E-state index in [1.807, 2.05) is 0 Å². The van der Waals surface area contributed by atoms with Crippen LogP contribution in [0, 0.1) is 0 Å². The predicted molar refractivity (Wildman–Crippen MR) is 80.2 cm³/mol. The van der Waals surface area contributed by atoms with Crippen molar-refractivity contribution in [2.75, 3.05) is 0 Å². The smallest absolute Gasteiger partial charge is 0.00901 e. The summed E-state index contributed by atoms with van der Waals surface area (Å²) in [6, 6.07) is 9.16. The second-order valence-corrected chi connectivity index (χ2v) is 5.83. The Morgan fingerprint density at radius 2 is 1.17 bits per heavy atom. The van der Waals surface area contributed by atoms with Crippen LogP contribution in [-0.2, 0) is 0 Å². The van der Waals surface area contributed by atoms with Crippen LogP contribution in [0.1, 0.15) is 88.2 Å². The maximum Gasteiger partial charge on any atom is -0.00901 e. The Morgan fingerprint density at radius 1 is 0.722 bits per heavy atom. The van der Waals surface area contributed by atoms with Gasteiger partial charge in [0.25, 0.3) is 0 Å². The lowest BCUT2D eigenvalue weighted by molar-refractivity contribution is 0.392. The molecule has 2 rings (SSSR count). The molecule has 0 spiro atoms. The highest BCUT2D eigenvalue weighted by atomic mass is 14.4. The summed E-state index contributed by atoms with van der Waals surface area (Å²) in [7, 11) is 0. The number of rotatable bonds is 8. The molecule has 1 aromatic carbocycles. The van der Waals surface area contributed by atoms with Crippen molar-refractivity contribution in [1.82, 2.24) is 0 Å². The monoisotopic (exact) mass is 244 g/mol. The van der Waals surface area contributed by atoms with Crippen LogP contribution in [0.4, 0.5) is 0 Å². The van der Waals surface area contributed by atoms with Crippen molar-refractivity contribution in [3.8, 4) is 0 Å². The number of hydrogen-bond donors (Lipinski definition) is 0. The Labute approximate surface area is 113 Å². The molecule has 0 aromatic heterocycles. The molecule has 2 unspecified atom stereocenters. The van der Waals surface area contributed by atoms with E-state index in [2.05, 4.69) is 38.1 Å². The molecule has 0 nitrogen and oxygen atoms in total. The van der Waals surface area contributed by atoms with Gasteiger partial charge in [-0.2, -0.15) is 0 Å². The van der Waals surface area contributed by atoms with Gasteiger partial charge in [0, 0.05) is 0 Å². The first-order valence-corrected chi connectivity index (χ1v) is 7.97. The summed E-state index contributed by atoms with van der Waals surface area (Å²) in [6.45, 7) is 4.60. The second-order valence-electron chi connectivity index (χ2n) is 5.83. The van der Waals surface area contributed by atoms with E-state index < -0.39 is 0 Å². The molecule has 2 atom stereocenters. The first kappa shape index (κ1) is 13.6. The summed E-state index contributed by atoms with van der Waals surface area (Å²) in [5.74, 6) is 1.76. The van der Waals surface area contributed by atoms with Crippen molar-refractivity contribution in [2.45, 2.75) is 77.0 Å². The van der Waals surface area contributed by atoms with Crippen LogP contribution in [0.2, 0.25) is 0 Å². The number of hydrogen-bond acceptors (Lipinski definition) is 0. The first-order chi connectivity index (χ1) is 8.88. The molecule has 18 heavy (non-hydrogen) atoms. The standard InChI is InChI=1S/C18H28/c1-3-5-7-11-15-16(12-8-6-4-2)18-14-10-9-13-17(15)18/h9-10,13-16H,3-8,11-12H2,1-2H3. The zero-order chi connectivity index (χ0) is 12.8. The van der Waals surface area contributed by atoms with E-state index in [1.54, 1.807) is 11.1 Å².